The molecule has 5 atom stereocenters. The summed E-state index contributed by atoms with van der Waals surface area (Å²) >= 11 is 0. The molecule has 0 bridgehead atoms. The molecule has 2 aliphatic rings. The van der Waals surface area contributed by atoms with Gasteiger partial charge in [-0.1, -0.05) is 30.3 Å². The fourth-order valence-corrected chi connectivity index (χ4v) is 4.78. The lowest BCUT2D eigenvalue weighted by atomic mass is 9.82. The Morgan fingerprint density at radius 1 is 0.800 bits per heavy atom. The van der Waals surface area contributed by atoms with Crippen LogP contribution in [0.4, 0.5) is 11.6 Å². The van der Waals surface area contributed by atoms with Gasteiger partial charge in [0.05, 0.1) is 23.7 Å². The number of aromatic amines is 4. The summed E-state index contributed by atoms with van der Waals surface area (Å²) in [6.07, 6.45) is -6.73. The van der Waals surface area contributed by atoms with Crippen molar-refractivity contribution in [2.45, 2.75) is 36.6 Å². The predicted octanol–water partition coefficient (Wildman–Crippen LogP) is -3.13. The van der Waals surface area contributed by atoms with Crippen LogP contribution < -0.4 is 27.4 Å². The number of aliphatic hydroxyl groups excluding tert-OH is 4. The quantitative estimate of drug-likeness (QED) is 0.185. The maximum Gasteiger partial charge on any atom is 0.327 e. The van der Waals surface area contributed by atoms with Crippen molar-refractivity contribution in [2.75, 3.05) is 11.5 Å². The Morgan fingerprint density at radius 3 is 1.86 bits per heavy atom. The first kappa shape index (κ1) is 22.9. The summed E-state index contributed by atoms with van der Waals surface area (Å²) in [5.41, 5.74) is -3.32. The average molecular weight is 487 g/mol. The molecule has 14 nitrogen and oxygen atoms in total. The third-order valence-corrected chi connectivity index (χ3v) is 6.27. The van der Waals surface area contributed by atoms with Crippen molar-refractivity contribution >= 4 is 11.6 Å². The lowest BCUT2D eigenvalue weighted by molar-refractivity contribution is -0.248. The van der Waals surface area contributed by atoms with E-state index in [4.69, 9.17) is 4.74 Å². The lowest BCUT2D eigenvalue weighted by Crippen LogP contribution is -2.64. The van der Waals surface area contributed by atoms with Crippen molar-refractivity contribution in [2.24, 2.45) is 0 Å². The van der Waals surface area contributed by atoms with E-state index in [1.54, 1.807) is 30.3 Å². The first-order valence-electron chi connectivity index (χ1n) is 10.6. The van der Waals surface area contributed by atoms with Crippen LogP contribution in [0.1, 0.15) is 22.6 Å². The molecule has 0 radical (unpaired) electrons. The van der Waals surface area contributed by atoms with Gasteiger partial charge in [0.2, 0.25) is 0 Å². The van der Waals surface area contributed by atoms with E-state index < -0.39 is 65.7 Å². The molecule has 1 fully saturated rings. The number of anilines is 2. The molecule has 1 saturated heterocycles. The van der Waals surface area contributed by atoms with Gasteiger partial charge in [-0.2, -0.15) is 0 Å². The Balaban J connectivity index is 1.85. The summed E-state index contributed by atoms with van der Waals surface area (Å²) in [5, 5.41) is 41.5. The smallest absolute Gasteiger partial charge is 0.327 e. The highest BCUT2D eigenvalue weighted by Crippen LogP contribution is 2.45. The van der Waals surface area contributed by atoms with E-state index in [2.05, 4.69) is 19.9 Å². The third-order valence-electron chi connectivity index (χ3n) is 6.27. The number of benzene rings is 1. The van der Waals surface area contributed by atoms with E-state index in [9.17, 15) is 39.6 Å². The number of ether oxygens (including phenoxy) is 1. The van der Waals surface area contributed by atoms with Gasteiger partial charge in [0, 0.05) is 0 Å². The molecule has 0 saturated carbocycles. The number of nitrogens with zero attached hydrogens (tertiary/aromatic N) is 1. The van der Waals surface area contributed by atoms with E-state index in [0.29, 0.717) is 5.56 Å². The van der Waals surface area contributed by atoms with Crippen LogP contribution in [-0.2, 0) is 4.74 Å². The molecule has 2 aromatic heterocycles. The van der Waals surface area contributed by atoms with Crippen molar-refractivity contribution in [3.63, 3.8) is 0 Å². The number of fused-ring (bicyclic) bond motifs is 2. The first-order chi connectivity index (χ1) is 16.7. The van der Waals surface area contributed by atoms with E-state index in [1.165, 1.54) is 0 Å². The fourth-order valence-electron chi connectivity index (χ4n) is 4.78. The molecule has 4 heterocycles. The molecule has 184 valence electrons. The molecule has 5 rings (SSSR count). The van der Waals surface area contributed by atoms with Crippen LogP contribution in [0.3, 0.4) is 0 Å². The molecular weight excluding hydrogens is 466 g/mol. The van der Waals surface area contributed by atoms with Crippen LogP contribution in [0, 0.1) is 0 Å². The van der Waals surface area contributed by atoms with Crippen molar-refractivity contribution < 1.29 is 25.2 Å². The monoisotopic (exact) mass is 487 g/mol. The van der Waals surface area contributed by atoms with Gasteiger partial charge in [-0.15, -0.1) is 0 Å². The van der Waals surface area contributed by atoms with Gasteiger partial charge in [-0.05, 0) is 5.56 Å². The van der Waals surface area contributed by atoms with E-state index in [0.717, 1.165) is 4.90 Å². The van der Waals surface area contributed by atoms with Crippen LogP contribution in [0.2, 0.25) is 0 Å². The Hall–Kier alpha value is -3.82. The molecule has 8 N–H and O–H groups in total. The van der Waals surface area contributed by atoms with Crippen LogP contribution in [-0.4, -0.2) is 77.6 Å². The lowest BCUT2D eigenvalue weighted by Gasteiger charge is -2.47. The minimum absolute atomic E-state index is 0.112. The predicted molar refractivity (Wildman–Crippen MR) is 119 cm³/mol. The largest absolute Gasteiger partial charge is 0.394 e. The molecule has 35 heavy (non-hydrogen) atoms. The van der Waals surface area contributed by atoms with Crippen LogP contribution in [0.5, 0.6) is 0 Å². The minimum atomic E-state index is -1.88. The van der Waals surface area contributed by atoms with Gasteiger partial charge in [-0.3, -0.25) is 29.5 Å². The Morgan fingerprint density at radius 2 is 1.34 bits per heavy atom. The van der Waals surface area contributed by atoms with Gasteiger partial charge >= 0.3 is 11.4 Å². The molecular formula is C21H21N5O9. The molecule has 0 spiro atoms. The van der Waals surface area contributed by atoms with Crippen molar-refractivity contribution in [3.05, 3.63) is 88.7 Å². The second kappa shape index (κ2) is 8.44. The highest BCUT2D eigenvalue weighted by atomic mass is 16.6. The van der Waals surface area contributed by atoms with Gasteiger partial charge in [0.25, 0.3) is 11.1 Å². The molecule has 14 heteroatoms. The number of rotatable bonds is 3. The summed E-state index contributed by atoms with van der Waals surface area (Å²) in [4.78, 5) is 60.9. The van der Waals surface area contributed by atoms with E-state index >= 15 is 0 Å². The first-order valence-corrected chi connectivity index (χ1v) is 10.6. The third kappa shape index (κ3) is 3.55. The minimum Gasteiger partial charge on any atom is -0.394 e. The number of nitrogens with one attached hydrogen (secondary N) is 4. The maximum absolute atomic E-state index is 13.1. The highest BCUT2D eigenvalue weighted by molar-refractivity contribution is 5.73. The summed E-state index contributed by atoms with van der Waals surface area (Å²) in [7, 11) is 0. The standard InChI is InChI=1S/C21H21N5O9/c27-6-8-13(28)14(29)12(19(32)35-8)26-15-10(17(30)24-20(33)22-15)9(7-4-2-1-3-5-7)11-16(26)23-21(34)25-18(11)31/h1-5,8-9,12-14,19,27-29,32H,6H2,(H2,22,24,30,33)(H2,23,25,31,34)/t8-,12-,13-,14?,19?/m1/s1. The van der Waals surface area contributed by atoms with Gasteiger partial charge in [0.15, 0.2) is 6.29 Å². The van der Waals surface area contributed by atoms with Crippen molar-refractivity contribution in [3.8, 4) is 0 Å². The summed E-state index contributed by atoms with van der Waals surface area (Å²) in [6, 6.07) is 6.75. The van der Waals surface area contributed by atoms with Crippen LogP contribution in [0.15, 0.2) is 49.5 Å². The number of aliphatic hydroxyl groups is 4. The molecule has 2 unspecified atom stereocenters. The Bertz CT molecular complexity index is 1420. The van der Waals surface area contributed by atoms with Gasteiger partial charge < -0.3 is 30.1 Å². The molecule has 2 aliphatic heterocycles. The summed E-state index contributed by atoms with van der Waals surface area (Å²) < 4.78 is 5.24. The normalized spacial score (nSPS) is 26.3. The van der Waals surface area contributed by atoms with Gasteiger partial charge in [-0.25, -0.2) is 9.59 Å². The molecule has 0 aliphatic carbocycles. The Labute approximate surface area is 194 Å². The molecule has 1 aromatic carbocycles. The van der Waals surface area contributed by atoms with Crippen LogP contribution >= 0.6 is 0 Å². The fraction of sp³-hybridized carbons (Fsp3) is 0.333. The number of hydrogen-bond acceptors (Lipinski definition) is 10. The SMILES string of the molecule is O=c1[nH]c2c(c(=O)[nH]1)C(c1ccccc1)c1c([nH]c(=O)[nH]c1=O)N2[C@H]1C(O)O[C@H](CO)[C@@H](O)C1O. The summed E-state index contributed by atoms with van der Waals surface area (Å²) in [6.45, 7) is -0.724. The average Bonchev–Trinajstić information content (AvgIpc) is 2.81. The van der Waals surface area contributed by atoms with Crippen LogP contribution in [0.25, 0.3) is 0 Å². The van der Waals surface area contributed by atoms with Crippen molar-refractivity contribution in [1.82, 2.24) is 19.9 Å². The second-order valence-corrected chi connectivity index (χ2v) is 8.27. The highest BCUT2D eigenvalue weighted by Gasteiger charge is 2.51. The Kier molecular flexibility index (Phi) is 5.53. The topological polar surface area (TPSA) is 225 Å². The number of H-pyrrole nitrogens is 4. The summed E-state index contributed by atoms with van der Waals surface area (Å²) in [5.74, 6) is -1.53. The van der Waals surface area contributed by atoms with Gasteiger partial charge in [0.1, 0.15) is 36.0 Å². The maximum atomic E-state index is 13.1. The zero-order valence-corrected chi connectivity index (χ0v) is 17.8. The number of aromatic nitrogens is 4. The van der Waals surface area contributed by atoms with E-state index in [-0.39, 0.29) is 22.8 Å². The second-order valence-electron chi connectivity index (χ2n) is 8.27. The zero-order chi connectivity index (χ0) is 25.0. The molecule has 0 amide bonds. The van der Waals surface area contributed by atoms with E-state index in [1.807, 2.05) is 0 Å². The molecule has 3 aromatic rings. The zero-order valence-electron chi connectivity index (χ0n) is 17.8. The number of hydrogen-bond donors (Lipinski definition) is 8. The van der Waals surface area contributed by atoms with Crippen molar-refractivity contribution in [1.29, 1.82) is 0 Å².